The Balaban J connectivity index is 1.94. The smallest absolute Gasteiger partial charge is 0.262 e. The first kappa shape index (κ1) is 15.1. The lowest BCUT2D eigenvalue weighted by molar-refractivity contribution is -0.118. The van der Waals surface area contributed by atoms with Crippen molar-refractivity contribution in [2.45, 2.75) is 27.2 Å². The molecule has 0 radical (unpaired) electrons. The molecule has 110 valence electrons. The number of rotatable bonds is 5. The van der Waals surface area contributed by atoms with Gasteiger partial charge >= 0.3 is 0 Å². The second kappa shape index (κ2) is 6.93. The quantitative estimate of drug-likeness (QED) is 0.904. The summed E-state index contributed by atoms with van der Waals surface area (Å²) >= 11 is 0. The molecule has 0 saturated heterocycles. The molecule has 0 fully saturated rings. The maximum absolute atomic E-state index is 11.9. The molecule has 21 heavy (non-hydrogen) atoms. The van der Waals surface area contributed by atoms with Gasteiger partial charge in [-0.2, -0.15) is 0 Å². The minimum Gasteiger partial charge on any atom is -0.483 e. The molecule has 0 unspecified atom stereocenters. The van der Waals surface area contributed by atoms with E-state index in [1.54, 1.807) is 0 Å². The Bertz CT molecular complexity index is 635. The lowest BCUT2D eigenvalue weighted by atomic mass is 10.1. The molecule has 2 aromatic rings. The Morgan fingerprint density at radius 3 is 2.67 bits per heavy atom. The lowest BCUT2D eigenvalue weighted by Crippen LogP contribution is -2.20. The number of benzene rings is 2. The van der Waals surface area contributed by atoms with Crippen molar-refractivity contribution < 1.29 is 9.53 Å². The van der Waals surface area contributed by atoms with E-state index >= 15 is 0 Å². The Kier molecular flexibility index (Phi) is 4.99. The minimum atomic E-state index is -0.149. The fourth-order valence-corrected chi connectivity index (χ4v) is 2.09. The summed E-state index contributed by atoms with van der Waals surface area (Å²) in [7, 11) is 0. The number of hydrogen-bond donors (Lipinski definition) is 1. The third-order valence-electron chi connectivity index (χ3n) is 3.53. The Hall–Kier alpha value is -2.29. The number of hydrogen-bond acceptors (Lipinski definition) is 2. The van der Waals surface area contributed by atoms with E-state index in [0.717, 1.165) is 29.0 Å². The predicted octanol–water partition coefficient (Wildman–Crippen LogP) is 3.88. The predicted molar refractivity (Wildman–Crippen MR) is 85.9 cm³/mol. The van der Waals surface area contributed by atoms with E-state index in [1.807, 2.05) is 56.3 Å². The summed E-state index contributed by atoms with van der Waals surface area (Å²) in [6.07, 6.45) is 0.947. The van der Waals surface area contributed by atoms with Crippen LogP contribution < -0.4 is 10.1 Å². The molecule has 0 saturated carbocycles. The van der Waals surface area contributed by atoms with Crippen molar-refractivity contribution in [3.63, 3.8) is 0 Å². The van der Waals surface area contributed by atoms with Crippen LogP contribution in [0.15, 0.2) is 42.5 Å². The van der Waals surface area contributed by atoms with Crippen molar-refractivity contribution in [3.05, 3.63) is 59.2 Å². The minimum absolute atomic E-state index is 0.0145. The van der Waals surface area contributed by atoms with Crippen LogP contribution in [0.25, 0.3) is 0 Å². The Morgan fingerprint density at radius 1 is 1.14 bits per heavy atom. The molecule has 3 nitrogen and oxygen atoms in total. The number of aryl methyl sites for hydroxylation is 2. The average molecular weight is 283 g/mol. The second-order valence-electron chi connectivity index (χ2n) is 5.09. The lowest BCUT2D eigenvalue weighted by Gasteiger charge is -2.11. The van der Waals surface area contributed by atoms with E-state index in [2.05, 4.69) is 12.2 Å². The summed E-state index contributed by atoms with van der Waals surface area (Å²) in [5.41, 5.74) is 4.23. The fourth-order valence-electron chi connectivity index (χ4n) is 2.09. The van der Waals surface area contributed by atoms with Crippen molar-refractivity contribution in [1.82, 2.24) is 0 Å². The summed E-state index contributed by atoms with van der Waals surface area (Å²) in [5.74, 6) is 0.608. The topological polar surface area (TPSA) is 38.3 Å². The van der Waals surface area contributed by atoms with Gasteiger partial charge in [0, 0.05) is 5.69 Å². The van der Waals surface area contributed by atoms with Crippen LogP contribution in [0.1, 0.15) is 23.6 Å². The van der Waals surface area contributed by atoms with E-state index in [9.17, 15) is 4.79 Å². The number of ether oxygens (including phenoxy) is 1. The van der Waals surface area contributed by atoms with Gasteiger partial charge in [0.2, 0.25) is 0 Å². The fraction of sp³-hybridized carbons (Fsp3) is 0.278. The number of anilines is 1. The summed E-state index contributed by atoms with van der Waals surface area (Å²) in [6, 6.07) is 13.7. The van der Waals surface area contributed by atoms with Crippen LogP contribution in [0.5, 0.6) is 5.75 Å². The van der Waals surface area contributed by atoms with Crippen LogP contribution in [0.4, 0.5) is 5.69 Å². The zero-order valence-electron chi connectivity index (χ0n) is 12.8. The molecule has 0 aliphatic rings. The molecule has 0 aromatic heterocycles. The first-order valence-electron chi connectivity index (χ1n) is 7.18. The SMILES string of the molecule is CCc1cccc(NC(=O)COc2cccc(C)c2C)c1. The summed E-state index contributed by atoms with van der Waals surface area (Å²) in [4.78, 5) is 11.9. The molecule has 2 rings (SSSR count). The highest BCUT2D eigenvalue weighted by molar-refractivity contribution is 5.91. The van der Waals surface area contributed by atoms with Gasteiger partial charge in [0.25, 0.3) is 5.91 Å². The molecule has 0 bridgehead atoms. The van der Waals surface area contributed by atoms with Crippen LogP contribution in [0, 0.1) is 13.8 Å². The molecule has 0 spiro atoms. The van der Waals surface area contributed by atoms with Crippen molar-refractivity contribution in [2.75, 3.05) is 11.9 Å². The highest BCUT2D eigenvalue weighted by Gasteiger charge is 2.06. The molecule has 3 heteroatoms. The van der Waals surface area contributed by atoms with Gasteiger partial charge in [-0.15, -0.1) is 0 Å². The van der Waals surface area contributed by atoms with Crippen molar-refractivity contribution >= 4 is 11.6 Å². The van der Waals surface area contributed by atoms with Crippen LogP contribution in [0.2, 0.25) is 0 Å². The number of carbonyl (C=O) groups is 1. The highest BCUT2D eigenvalue weighted by atomic mass is 16.5. The summed E-state index contributed by atoms with van der Waals surface area (Å²) < 4.78 is 5.60. The van der Waals surface area contributed by atoms with Gasteiger partial charge < -0.3 is 10.1 Å². The molecule has 0 atom stereocenters. The first-order chi connectivity index (χ1) is 10.1. The van der Waals surface area contributed by atoms with E-state index < -0.39 is 0 Å². The van der Waals surface area contributed by atoms with E-state index in [0.29, 0.717) is 0 Å². The monoisotopic (exact) mass is 283 g/mol. The zero-order valence-corrected chi connectivity index (χ0v) is 12.8. The first-order valence-corrected chi connectivity index (χ1v) is 7.18. The van der Waals surface area contributed by atoms with Crippen molar-refractivity contribution in [2.24, 2.45) is 0 Å². The van der Waals surface area contributed by atoms with Gasteiger partial charge in [-0.05, 0) is 55.2 Å². The van der Waals surface area contributed by atoms with Gasteiger partial charge in [-0.3, -0.25) is 4.79 Å². The van der Waals surface area contributed by atoms with Gasteiger partial charge in [0.15, 0.2) is 6.61 Å². The zero-order chi connectivity index (χ0) is 15.2. The number of nitrogens with one attached hydrogen (secondary N) is 1. The van der Waals surface area contributed by atoms with Gasteiger partial charge in [-0.25, -0.2) is 0 Å². The number of carbonyl (C=O) groups excluding carboxylic acids is 1. The standard InChI is InChI=1S/C18H21NO2/c1-4-15-8-6-9-16(11-15)19-18(20)12-21-17-10-5-7-13(2)14(17)3/h5-11H,4,12H2,1-3H3,(H,19,20). The Morgan fingerprint density at radius 2 is 1.90 bits per heavy atom. The van der Waals surface area contributed by atoms with Gasteiger partial charge in [0.05, 0.1) is 0 Å². The average Bonchev–Trinajstić information content (AvgIpc) is 2.49. The molecule has 0 aliphatic heterocycles. The normalized spacial score (nSPS) is 10.2. The van der Waals surface area contributed by atoms with Crippen molar-refractivity contribution in [3.8, 4) is 5.75 Å². The molecular formula is C18H21NO2. The maximum atomic E-state index is 11.9. The summed E-state index contributed by atoms with van der Waals surface area (Å²) in [6.45, 7) is 6.12. The third-order valence-corrected chi connectivity index (χ3v) is 3.53. The van der Waals surface area contributed by atoms with Crippen LogP contribution in [-0.4, -0.2) is 12.5 Å². The number of amides is 1. The van der Waals surface area contributed by atoms with Crippen LogP contribution in [-0.2, 0) is 11.2 Å². The summed E-state index contributed by atoms with van der Waals surface area (Å²) in [5, 5.41) is 2.86. The van der Waals surface area contributed by atoms with Crippen LogP contribution >= 0.6 is 0 Å². The molecule has 0 heterocycles. The van der Waals surface area contributed by atoms with Crippen molar-refractivity contribution in [1.29, 1.82) is 0 Å². The Labute approximate surface area is 126 Å². The molecule has 0 aliphatic carbocycles. The highest BCUT2D eigenvalue weighted by Crippen LogP contribution is 2.20. The largest absolute Gasteiger partial charge is 0.483 e. The molecular weight excluding hydrogens is 262 g/mol. The molecule has 1 N–H and O–H groups in total. The molecule has 1 amide bonds. The maximum Gasteiger partial charge on any atom is 0.262 e. The van der Waals surface area contributed by atoms with E-state index in [1.165, 1.54) is 5.56 Å². The van der Waals surface area contributed by atoms with Crippen LogP contribution in [0.3, 0.4) is 0 Å². The van der Waals surface area contributed by atoms with E-state index in [-0.39, 0.29) is 12.5 Å². The molecule has 2 aromatic carbocycles. The third kappa shape index (κ3) is 4.09. The van der Waals surface area contributed by atoms with Gasteiger partial charge in [-0.1, -0.05) is 31.2 Å². The van der Waals surface area contributed by atoms with E-state index in [4.69, 9.17) is 4.74 Å². The van der Waals surface area contributed by atoms with Gasteiger partial charge in [0.1, 0.15) is 5.75 Å². The second-order valence-corrected chi connectivity index (χ2v) is 5.09.